The van der Waals surface area contributed by atoms with E-state index in [0.29, 0.717) is 12.1 Å². The molecular weight excluding hydrogens is 246 g/mol. The van der Waals surface area contributed by atoms with Crippen LogP contribution in [0.15, 0.2) is 12.1 Å². The summed E-state index contributed by atoms with van der Waals surface area (Å²) in [5.41, 5.74) is 3.36. The fourth-order valence-electron chi connectivity index (χ4n) is 2.31. The van der Waals surface area contributed by atoms with Crippen LogP contribution in [-0.4, -0.2) is 29.7 Å². The number of anilines is 1. The number of hydrogen-bond donors (Lipinski definition) is 0. The smallest absolute Gasteiger partial charge is 0.299 e. The first-order chi connectivity index (χ1) is 8.56. The average molecular weight is 263 g/mol. The Morgan fingerprint density at radius 3 is 2.61 bits per heavy atom. The van der Waals surface area contributed by atoms with E-state index in [9.17, 15) is 9.59 Å². The van der Waals surface area contributed by atoms with E-state index in [4.69, 9.17) is 0 Å². The lowest BCUT2D eigenvalue weighted by atomic mass is 10.0. The largest absolute Gasteiger partial charge is 0.304 e. The third-order valence-corrected chi connectivity index (χ3v) is 3.96. The van der Waals surface area contributed by atoms with Gasteiger partial charge in [-0.15, -0.1) is 0 Å². The molecule has 0 aliphatic carbocycles. The first-order valence-corrected chi connectivity index (χ1v) is 7.27. The SMILES string of the molecule is CCSCCN1C(=O)C(=O)c2c(C)cc(C)cc21. The Labute approximate surface area is 112 Å². The van der Waals surface area contributed by atoms with Crippen molar-refractivity contribution in [1.82, 2.24) is 0 Å². The van der Waals surface area contributed by atoms with Crippen LogP contribution in [0.1, 0.15) is 28.4 Å². The van der Waals surface area contributed by atoms with Gasteiger partial charge in [0.2, 0.25) is 0 Å². The van der Waals surface area contributed by atoms with Gasteiger partial charge < -0.3 is 4.90 Å². The molecule has 4 heteroatoms. The number of thioether (sulfide) groups is 1. The molecule has 0 atom stereocenters. The highest BCUT2D eigenvalue weighted by Gasteiger charge is 2.36. The van der Waals surface area contributed by atoms with Crippen LogP contribution in [0.3, 0.4) is 0 Å². The molecule has 0 bridgehead atoms. The number of Topliss-reactive ketones (excluding diaryl/α,β-unsaturated/α-hetero) is 1. The van der Waals surface area contributed by atoms with E-state index in [1.807, 2.05) is 26.0 Å². The number of amides is 1. The van der Waals surface area contributed by atoms with Gasteiger partial charge in [0.15, 0.2) is 0 Å². The minimum Gasteiger partial charge on any atom is -0.304 e. The van der Waals surface area contributed by atoms with Crippen LogP contribution in [-0.2, 0) is 4.79 Å². The maximum atomic E-state index is 12.0. The molecule has 96 valence electrons. The summed E-state index contributed by atoms with van der Waals surface area (Å²) < 4.78 is 0. The quantitative estimate of drug-likeness (QED) is 0.619. The lowest BCUT2D eigenvalue weighted by Gasteiger charge is -2.16. The summed E-state index contributed by atoms with van der Waals surface area (Å²) in [6.45, 7) is 6.57. The third-order valence-electron chi connectivity index (χ3n) is 3.08. The van der Waals surface area contributed by atoms with E-state index in [0.717, 1.165) is 28.3 Å². The van der Waals surface area contributed by atoms with Crippen LogP contribution in [0, 0.1) is 13.8 Å². The molecule has 1 aliphatic heterocycles. The number of ketones is 1. The molecule has 1 aromatic rings. The summed E-state index contributed by atoms with van der Waals surface area (Å²) in [5, 5.41) is 0. The number of hydrogen-bond acceptors (Lipinski definition) is 3. The topological polar surface area (TPSA) is 37.4 Å². The highest BCUT2D eigenvalue weighted by molar-refractivity contribution is 7.99. The van der Waals surface area contributed by atoms with E-state index in [-0.39, 0.29) is 11.7 Å². The first kappa shape index (κ1) is 13.1. The zero-order chi connectivity index (χ0) is 13.3. The van der Waals surface area contributed by atoms with Gasteiger partial charge in [0, 0.05) is 12.3 Å². The fourth-order valence-corrected chi connectivity index (χ4v) is 2.91. The molecule has 1 heterocycles. The van der Waals surface area contributed by atoms with Crippen LogP contribution in [0.5, 0.6) is 0 Å². The van der Waals surface area contributed by atoms with E-state index in [2.05, 4.69) is 6.92 Å². The Morgan fingerprint density at radius 2 is 1.94 bits per heavy atom. The van der Waals surface area contributed by atoms with Gasteiger partial charge in [-0.05, 0) is 36.8 Å². The minimum atomic E-state index is -0.379. The van der Waals surface area contributed by atoms with Crippen LogP contribution in [0.4, 0.5) is 5.69 Å². The van der Waals surface area contributed by atoms with Crippen molar-refractivity contribution < 1.29 is 9.59 Å². The van der Waals surface area contributed by atoms with Crippen LogP contribution < -0.4 is 4.90 Å². The second kappa shape index (κ2) is 5.14. The summed E-state index contributed by atoms with van der Waals surface area (Å²) in [7, 11) is 0. The standard InChI is InChI=1S/C14H17NO2S/c1-4-18-6-5-15-11-8-9(2)7-10(3)12(11)13(16)14(15)17/h7-8H,4-6H2,1-3H3. The van der Waals surface area contributed by atoms with Crippen molar-refractivity contribution in [2.45, 2.75) is 20.8 Å². The molecule has 0 saturated carbocycles. The van der Waals surface area contributed by atoms with E-state index in [1.165, 1.54) is 0 Å². The molecule has 2 rings (SSSR count). The number of benzene rings is 1. The van der Waals surface area contributed by atoms with Crippen LogP contribution in [0.25, 0.3) is 0 Å². The Morgan fingerprint density at radius 1 is 1.22 bits per heavy atom. The average Bonchev–Trinajstić information content (AvgIpc) is 2.54. The Balaban J connectivity index is 2.35. The number of nitrogens with zero attached hydrogens (tertiary/aromatic N) is 1. The molecule has 0 unspecified atom stereocenters. The number of carbonyl (C=O) groups is 2. The summed E-state index contributed by atoms with van der Waals surface area (Å²) in [6.07, 6.45) is 0. The second-order valence-corrected chi connectivity index (χ2v) is 5.85. The molecule has 0 radical (unpaired) electrons. The molecule has 0 N–H and O–H groups in total. The summed E-state index contributed by atoms with van der Waals surface area (Å²) in [6, 6.07) is 3.88. The predicted octanol–water partition coefficient (Wildman–Crippen LogP) is 2.59. The number of carbonyl (C=O) groups excluding carboxylic acids is 2. The van der Waals surface area contributed by atoms with Gasteiger partial charge >= 0.3 is 0 Å². The molecule has 0 saturated heterocycles. The first-order valence-electron chi connectivity index (χ1n) is 6.11. The molecule has 1 amide bonds. The Hall–Kier alpha value is -1.29. The molecule has 0 fully saturated rings. The number of fused-ring (bicyclic) bond motifs is 1. The normalized spacial score (nSPS) is 14.3. The second-order valence-electron chi connectivity index (χ2n) is 4.46. The zero-order valence-electron chi connectivity index (χ0n) is 10.9. The highest BCUT2D eigenvalue weighted by Crippen LogP contribution is 2.32. The highest BCUT2D eigenvalue weighted by atomic mass is 32.2. The van der Waals surface area contributed by atoms with Crippen molar-refractivity contribution in [3.8, 4) is 0 Å². The van der Waals surface area contributed by atoms with E-state index >= 15 is 0 Å². The van der Waals surface area contributed by atoms with Gasteiger partial charge in [-0.2, -0.15) is 11.8 Å². The van der Waals surface area contributed by atoms with Crippen molar-refractivity contribution in [2.75, 3.05) is 23.0 Å². The van der Waals surface area contributed by atoms with Crippen molar-refractivity contribution in [3.05, 3.63) is 28.8 Å². The maximum Gasteiger partial charge on any atom is 0.299 e. The zero-order valence-corrected chi connectivity index (χ0v) is 11.8. The molecule has 0 spiro atoms. The number of aryl methyl sites for hydroxylation is 2. The van der Waals surface area contributed by atoms with Gasteiger partial charge in [0.05, 0.1) is 11.3 Å². The molecular formula is C14H17NO2S. The van der Waals surface area contributed by atoms with Crippen LogP contribution >= 0.6 is 11.8 Å². The Bertz CT molecular complexity index is 511. The molecule has 1 aliphatic rings. The molecule has 3 nitrogen and oxygen atoms in total. The van der Waals surface area contributed by atoms with Crippen molar-refractivity contribution in [3.63, 3.8) is 0 Å². The van der Waals surface area contributed by atoms with Gasteiger partial charge in [0.1, 0.15) is 0 Å². The van der Waals surface area contributed by atoms with Gasteiger partial charge in [0.25, 0.3) is 11.7 Å². The summed E-state index contributed by atoms with van der Waals surface area (Å²) in [4.78, 5) is 25.6. The van der Waals surface area contributed by atoms with Crippen molar-refractivity contribution in [2.24, 2.45) is 0 Å². The van der Waals surface area contributed by atoms with Crippen molar-refractivity contribution >= 4 is 29.1 Å². The van der Waals surface area contributed by atoms with Gasteiger partial charge in [-0.3, -0.25) is 9.59 Å². The van der Waals surface area contributed by atoms with Crippen LogP contribution in [0.2, 0.25) is 0 Å². The van der Waals surface area contributed by atoms with Crippen molar-refractivity contribution in [1.29, 1.82) is 0 Å². The molecule has 0 aromatic heterocycles. The lowest BCUT2D eigenvalue weighted by Crippen LogP contribution is -2.31. The summed E-state index contributed by atoms with van der Waals surface area (Å²) in [5.74, 6) is 1.15. The third kappa shape index (κ3) is 2.17. The van der Waals surface area contributed by atoms with Gasteiger partial charge in [-0.25, -0.2) is 0 Å². The molecule has 18 heavy (non-hydrogen) atoms. The number of rotatable bonds is 4. The molecule has 1 aromatic carbocycles. The predicted molar refractivity (Wildman–Crippen MR) is 75.6 cm³/mol. The monoisotopic (exact) mass is 263 g/mol. The van der Waals surface area contributed by atoms with E-state index < -0.39 is 0 Å². The Kier molecular flexibility index (Phi) is 3.76. The summed E-state index contributed by atoms with van der Waals surface area (Å²) >= 11 is 1.78. The van der Waals surface area contributed by atoms with E-state index in [1.54, 1.807) is 16.7 Å². The minimum absolute atomic E-state index is 0.357. The lowest BCUT2D eigenvalue weighted by molar-refractivity contribution is -0.114. The fraction of sp³-hybridized carbons (Fsp3) is 0.429. The maximum absolute atomic E-state index is 12.0. The van der Waals surface area contributed by atoms with Gasteiger partial charge in [-0.1, -0.05) is 13.0 Å².